The fourth-order valence-electron chi connectivity index (χ4n) is 1.41. The van der Waals surface area contributed by atoms with Gasteiger partial charge in [0.15, 0.2) is 5.96 Å². The van der Waals surface area contributed by atoms with E-state index in [1.807, 2.05) is 6.26 Å². The minimum Gasteiger partial charge on any atom is -0.481 e. The predicted molar refractivity (Wildman–Crippen MR) is 117 cm³/mol. The second-order valence-corrected chi connectivity index (χ2v) is 6.98. The number of carbonyl (C=O) groups is 4. The van der Waals surface area contributed by atoms with Gasteiger partial charge in [-0.05, 0) is 37.7 Å². The van der Waals surface area contributed by atoms with Crippen molar-refractivity contribution in [2.75, 3.05) is 18.6 Å². The Morgan fingerprint density at radius 1 is 0.806 bits per heavy atom. The van der Waals surface area contributed by atoms with Crippen molar-refractivity contribution in [3.05, 3.63) is 0 Å². The van der Waals surface area contributed by atoms with Crippen molar-refractivity contribution in [1.82, 2.24) is 0 Å². The van der Waals surface area contributed by atoms with Gasteiger partial charge >= 0.3 is 23.9 Å². The summed E-state index contributed by atoms with van der Waals surface area (Å²) in [6, 6.07) is -2.56. The molecule has 0 bridgehead atoms. The number of nitrogens with zero attached hydrogens (tertiary/aromatic N) is 1. The van der Waals surface area contributed by atoms with Gasteiger partial charge in [0.2, 0.25) is 0 Å². The molecular formula is C16H34N6O8S. The third kappa shape index (κ3) is 27.4. The number of hydrogen-bond donors (Lipinski definition) is 9. The van der Waals surface area contributed by atoms with Gasteiger partial charge in [0.25, 0.3) is 0 Å². The van der Waals surface area contributed by atoms with Crippen molar-refractivity contribution in [3.8, 4) is 0 Å². The SMILES string of the molecule is CSCC[C@H](N)C(=O)O.NC(N)=NCCC[C@H](N)C(=O)O.N[C@@H](CCC(=O)O)C(=O)O. The van der Waals surface area contributed by atoms with E-state index in [-0.39, 0.29) is 18.8 Å². The Bertz CT molecular complexity index is 574. The molecule has 0 aliphatic rings. The van der Waals surface area contributed by atoms with Gasteiger partial charge in [0.05, 0.1) is 0 Å². The lowest BCUT2D eigenvalue weighted by Gasteiger charge is -2.03. The van der Waals surface area contributed by atoms with Crippen LogP contribution in [0.15, 0.2) is 4.99 Å². The Labute approximate surface area is 184 Å². The second-order valence-electron chi connectivity index (χ2n) is 6.00. The molecule has 0 aromatic rings. The number of nitrogens with two attached hydrogens (primary N) is 5. The van der Waals surface area contributed by atoms with E-state index in [2.05, 4.69) is 4.99 Å². The van der Waals surface area contributed by atoms with E-state index < -0.39 is 42.0 Å². The summed E-state index contributed by atoms with van der Waals surface area (Å²) in [5.74, 6) is -3.28. The molecule has 0 saturated carbocycles. The maximum atomic E-state index is 10.2. The number of guanidine groups is 1. The molecule has 0 heterocycles. The summed E-state index contributed by atoms with van der Waals surface area (Å²) in [6.45, 7) is 0.420. The average Bonchev–Trinajstić information content (AvgIpc) is 2.67. The van der Waals surface area contributed by atoms with Crippen LogP contribution in [0.4, 0.5) is 0 Å². The number of thioether (sulfide) groups is 1. The van der Waals surface area contributed by atoms with E-state index in [1.54, 1.807) is 11.8 Å². The highest BCUT2D eigenvalue weighted by molar-refractivity contribution is 7.98. The number of rotatable bonds is 13. The highest BCUT2D eigenvalue weighted by Gasteiger charge is 2.12. The van der Waals surface area contributed by atoms with Crippen LogP contribution >= 0.6 is 11.8 Å². The Morgan fingerprint density at radius 2 is 1.23 bits per heavy atom. The summed E-state index contributed by atoms with van der Waals surface area (Å²) in [4.78, 5) is 43.8. The minimum atomic E-state index is -1.17. The van der Waals surface area contributed by atoms with E-state index in [1.165, 1.54) is 0 Å². The topological polar surface area (TPSA) is 292 Å². The van der Waals surface area contributed by atoms with E-state index in [4.69, 9.17) is 49.1 Å². The molecule has 182 valence electrons. The number of carboxylic acids is 4. The molecule has 31 heavy (non-hydrogen) atoms. The highest BCUT2D eigenvalue weighted by Crippen LogP contribution is 1.98. The average molecular weight is 471 g/mol. The fourth-order valence-corrected chi connectivity index (χ4v) is 1.90. The summed E-state index contributed by atoms with van der Waals surface area (Å²) < 4.78 is 0. The van der Waals surface area contributed by atoms with Crippen LogP contribution < -0.4 is 28.7 Å². The minimum absolute atomic E-state index is 0.0129. The summed E-state index contributed by atoms with van der Waals surface area (Å²) in [6.07, 6.45) is 3.21. The van der Waals surface area contributed by atoms with Crippen LogP contribution in [0.1, 0.15) is 32.1 Å². The largest absolute Gasteiger partial charge is 0.481 e. The monoisotopic (exact) mass is 470 g/mol. The van der Waals surface area contributed by atoms with Gasteiger partial charge in [-0.15, -0.1) is 0 Å². The molecular weight excluding hydrogens is 436 g/mol. The molecule has 0 aliphatic carbocycles. The Morgan fingerprint density at radius 3 is 1.58 bits per heavy atom. The summed E-state index contributed by atoms with van der Waals surface area (Å²) in [5.41, 5.74) is 25.5. The first-order valence-corrected chi connectivity index (χ1v) is 10.4. The third-order valence-corrected chi connectivity index (χ3v) is 3.87. The molecule has 0 amide bonds. The van der Waals surface area contributed by atoms with Crippen molar-refractivity contribution in [1.29, 1.82) is 0 Å². The molecule has 0 saturated heterocycles. The Kier molecular flexibility index (Phi) is 22.0. The van der Waals surface area contributed by atoms with Crippen LogP contribution in [0.2, 0.25) is 0 Å². The van der Waals surface area contributed by atoms with E-state index >= 15 is 0 Å². The molecule has 15 heteroatoms. The number of aliphatic carboxylic acids is 4. The molecule has 14 nitrogen and oxygen atoms in total. The van der Waals surface area contributed by atoms with Crippen molar-refractivity contribution < 1.29 is 39.6 Å². The highest BCUT2D eigenvalue weighted by atomic mass is 32.2. The molecule has 0 unspecified atom stereocenters. The van der Waals surface area contributed by atoms with Gasteiger partial charge in [-0.25, -0.2) is 0 Å². The number of aliphatic imine (C=N–C) groups is 1. The van der Waals surface area contributed by atoms with Crippen LogP contribution in [-0.4, -0.2) is 86.9 Å². The molecule has 0 aromatic carbocycles. The lowest BCUT2D eigenvalue weighted by Crippen LogP contribution is -2.30. The first kappa shape index (κ1) is 33.0. The first-order valence-electron chi connectivity index (χ1n) is 8.97. The van der Waals surface area contributed by atoms with Crippen LogP contribution in [0.5, 0.6) is 0 Å². The van der Waals surface area contributed by atoms with Crippen molar-refractivity contribution in [2.24, 2.45) is 33.7 Å². The second kappa shape index (κ2) is 20.6. The smallest absolute Gasteiger partial charge is 0.320 e. The fraction of sp³-hybridized carbons (Fsp3) is 0.688. The lowest BCUT2D eigenvalue weighted by atomic mass is 10.2. The molecule has 0 radical (unpaired) electrons. The number of carboxylic acid groups (broad SMARTS) is 4. The van der Waals surface area contributed by atoms with Crippen LogP contribution in [0, 0.1) is 0 Å². The normalized spacial score (nSPS) is 12.5. The van der Waals surface area contributed by atoms with Gasteiger partial charge < -0.3 is 49.1 Å². The number of hydrogen-bond acceptors (Lipinski definition) is 9. The van der Waals surface area contributed by atoms with Gasteiger partial charge in [-0.3, -0.25) is 24.2 Å². The maximum absolute atomic E-state index is 10.2. The first-order chi connectivity index (χ1) is 14.3. The van der Waals surface area contributed by atoms with Gasteiger partial charge in [0, 0.05) is 13.0 Å². The molecule has 14 N–H and O–H groups in total. The van der Waals surface area contributed by atoms with E-state index in [0.717, 1.165) is 5.75 Å². The zero-order valence-electron chi connectivity index (χ0n) is 17.3. The van der Waals surface area contributed by atoms with E-state index in [9.17, 15) is 19.2 Å². The molecule has 0 rings (SSSR count). The van der Waals surface area contributed by atoms with Gasteiger partial charge in [0.1, 0.15) is 18.1 Å². The van der Waals surface area contributed by atoms with Crippen molar-refractivity contribution in [3.63, 3.8) is 0 Å². The standard InChI is InChI=1S/C6H14N4O2.C5H9NO4.C5H11NO2S/c7-4(5(11)12)2-1-3-10-6(8)9;6-3(5(9)10)1-2-4(7)8;1-9-3-2-4(6)5(7)8/h4H,1-3,7H2,(H,11,12)(H4,8,9,10);3H,1-2,6H2,(H,7,8)(H,9,10);4H,2-3,6H2,1H3,(H,7,8)/t4-;3-;4-/m000/s1. The summed E-state index contributed by atoms with van der Waals surface area (Å²) in [7, 11) is 0. The van der Waals surface area contributed by atoms with Crippen LogP contribution in [-0.2, 0) is 19.2 Å². The summed E-state index contributed by atoms with van der Waals surface area (Å²) in [5, 5.41) is 32.9. The van der Waals surface area contributed by atoms with Gasteiger partial charge in [-0.2, -0.15) is 11.8 Å². The maximum Gasteiger partial charge on any atom is 0.320 e. The lowest BCUT2D eigenvalue weighted by molar-refractivity contribution is -0.141. The Hall–Kier alpha value is -2.62. The van der Waals surface area contributed by atoms with E-state index in [0.29, 0.717) is 25.8 Å². The quantitative estimate of drug-likeness (QED) is 0.0788. The van der Waals surface area contributed by atoms with Crippen molar-refractivity contribution >= 4 is 41.6 Å². The zero-order chi connectivity index (χ0) is 25.0. The van der Waals surface area contributed by atoms with Crippen molar-refractivity contribution in [2.45, 2.75) is 50.2 Å². The zero-order valence-corrected chi connectivity index (χ0v) is 18.2. The molecule has 0 aliphatic heterocycles. The molecule has 3 atom stereocenters. The molecule has 0 fully saturated rings. The van der Waals surface area contributed by atoms with Crippen LogP contribution in [0.25, 0.3) is 0 Å². The summed E-state index contributed by atoms with van der Waals surface area (Å²) >= 11 is 1.60. The molecule has 0 spiro atoms. The third-order valence-electron chi connectivity index (χ3n) is 3.22. The van der Waals surface area contributed by atoms with Gasteiger partial charge in [-0.1, -0.05) is 0 Å². The Balaban J connectivity index is -0.000000384. The molecule has 0 aromatic heterocycles. The predicted octanol–water partition coefficient (Wildman–Crippen LogP) is -2.13. The van der Waals surface area contributed by atoms with Crippen LogP contribution in [0.3, 0.4) is 0 Å².